The van der Waals surface area contributed by atoms with E-state index in [-0.39, 0.29) is 5.92 Å². The second kappa shape index (κ2) is 6.54. The summed E-state index contributed by atoms with van der Waals surface area (Å²) in [6.45, 7) is 6.10. The molecule has 1 atom stereocenters. The van der Waals surface area contributed by atoms with Gasteiger partial charge in [-0.3, -0.25) is 9.69 Å². The van der Waals surface area contributed by atoms with Crippen molar-refractivity contribution in [2.75, 3.05) is 13.1 Å². The Morgan fingerprint density at radius 1 is 1.39 bits per heavy atom. The van der Waals surface area contributed by atoms with Crippen LogP contribution in [0.25, 0.3) is 11.5 Å². The summed E-state index contributed by atoms with van der Waals surface area (Å²) >= 11 is 0. The van der Waals surface area contributed by atoms with E-state index in [2.05, 4.69) is 9.88 Å². The van der Waals surface area contributed by atoms with Crippen LogP contribution >= 0.6 is 0 Å². The fourth-order valence-electron chi connectivity index (χ4n) is 3.12. The number of piperidine rings is 1. The smallest absolute Gasteiger partial charge is 0.307 e. The van der Waals surface area contributed by atoms with E-state index in [9.17, 15) is 9.90 Å². The number of oxazole rings is 1. The quantitative estimate of drug-likeness (QED) is 0.938. The van der Waals surface area contributed by atoms with Gasteiger partial charge in [-0.2, -0.15) is 0 Å². The monoisotopic (exact) mass is 314 g/mol. The Hall–Kier alpha value is -2.14. The van der Waals surface area contributed by atoms with Crippen LogP contribution in [-0.4, -0.2) is 34.0 Å². The van der Waals surface area contributed by atoms with Crippen molar-refractivity contribution >= 4 is 5.97 Å². The zero-order valence-corrected chi connectivity index (χ0v) is 13.6. The Kier molecular flexibility index (Phi) is 4.48. The number of hydrogen-bond donors (Lipinski definition) is 1. The minimum absolute atomic E-state index is 0.271. The van der Waals surface area contributed by atoms with Crippen LogP contribution in [0, 0.1) is 19.8 Å². The van der Waals surface area contributed by atoms with Gasteiger partial charge in [-0.25, -0.2) is 4.98 Å². The molecule has 0 saturated carbocycles. The lowest BCUT2D eigenvalue weighted by molar-refractivity contribution is -0.143. The van der Waals surface area contributed by atoms with Crippen LogP contribution in [0.15, 0.2) is 28.7 Å². The zero-order valence-electron chi connectivity index (χ0n) is 13.6. The van der Waals surface area contributed by atoms with Crippen LogP contribution in [0.2, 0.25) is 0 Å². The van der Waals surface area contributed by atoms with E-state index in [4.69, 9.17) is 4.42 Å². The molecule has 1 fully saturated rings. The average Bonchev–Trinajstić information content (AvgIpc) is 2.89. The Labute approximate surface area is 135 Å². The Morgan fingerprint density at radius 3 is 2.91 bits per heavy atom. The van der Waals surface area contributed by atoms with Crippen LogP contribution in [0.4, 0.5) is 0 Å². The van der Waals surface area contributed by atoms with Gasteiger partial charge in [-0.1, -0.05) is 18.2 Å². The molecule has 0 radical (unpaired) electrons. The maximum absolute atomic E-state index is 11.2. The van der Waals surface area contributed by atoms with Crippen LogP contribution in [0.5, 0.6) is 0 Å². The molecule has 5 nitrogen and oxygen atoms in total. The van der Waals surface area contributed by atoms with Crippen molar-refractivity contribution in [3.63, 3.8) is 0 Å². The molecule has 5 heteroatoms. The molecule has 0 spiro atoms. The van der Waals surface area contributed by atoms with Crippen molar-refractivity contribution in [3.05, 3.63) is 41.3 Å². The Bertz CT molecular complexity index is 708. The molecule has 1 aliphatic heterocycles. The number of aryl methyl sites for hydroxylation is 2. The molecule has 0 aliphatic carbocycles. The number of likely N-dealkylation sites (tertiary alicyclic amines) is 1. The normalized spacial score (nSPS) is 19.0. The first-order valence-electron chi connectivity index (χ1n) is 8.02. The minimum atomic E-state index is -0.702. The standard InChI is InChI=1S/C18H22N2O3/c1-12-6-3-4-8-15(12)17-19-16(13(2)23-17)11-20-9-5-7-14(10-20)18(21)22/h3-4,6,8,14H,5,7,9-11H2,1-2H3,(H,21,22)/t14-/m1/s1. The van der Waals surface area contributed by atoms with Gasteiger partial charge in [0.15, 0.2) is 0 Å². The maximum Gasteiger partial charge on any atom is 0.307 e. The van der Waals surface area contributed by atoms with Crippen molar-refractivity contribution in [2.24, 2.45) is 5.92 Å². The Morgan fingerprint density at radius 2 is 2.17 bits per heavy atom. The molecule has 1 aromatic carbocycles. The highest BCUT2D eigenvalue weighted by Crippen LogP contribution is 2.26. The van der Waals surface area contributed by atoms with E-state index >= 15 is 0 Å². The molecule has 1 aromatic heterocycles. The van der Waals surface area contributed by atoms with Crippen molar-refractivity contribution in [2.45, 2.75) is 33.2 Å². The lowest BCUT2D eigenvalue weighted by Crippen LogP contribution is -2.38. The SMILES string of the molecule is Cc1ccccc1-c1nc(CN2CCC[C@@H](C(=O)O)C2)c(C)o1. The summed E-state index contributed by atoms with van der Waals surface area (Å²) in [5.41, 5.74) is 3.03. The van der Waals surface area contributed by atoms with Gasteiger partial charge in [0.05, 0.1) is 11.6 Å². The third-order valence-electron chi connectivity index (χ3n) is 4.50. The fourth-order valence-corrected chi connectivity index (χ4v) is 3.12. The predicted molar refractivity (Wildman–Crippen MR) is 87.0 cm³/mol. The second-order valence-electron chi connectivity index (χ2n) is 6.25. The van der Waals surface area contributed by atoms with Gasteiger partial charge < -0.3 is 9.52 Å². The summed E-state index contributed by atoms with van der Waals surface area (Å²) in [5, 5.41) is 9.20. The number of hydrogen-bond acceptors (Lipinski definition) is 4. The van der Waals surface area contributed by atoms with Gasteiger partial charge >= 0.3 is 5.97 Å². The van der Waals surface area contributed by atoms with Gasteiger partial charge in [0.25, 0.3) is 0 Å². The van der Waals surface area contributed by atoms with Gasteiger partial charge in [0, 0.05) is 18.7 Å². The number of aromatic nitrogens is 1. The van der Waals surface area contributed by atoms with Crippen LogP contribution in [0.1, 0.15) is 29.9 Å². The van der Waals surface area contributed by atoms with E-state index in [1.54, 1.807) is 0 Å². The summed E-state index contributed by atoms with van der Waals surface area (Å²) in [7, 11) is 0. The molecule has 1 aliphatic rings. The fraction of sp³-hybridized carbons (Fsp3) is 0.444. The Balaban J connectivity index is 1.77. The molecule has 2 aromatic rings. The first-order chi connectivity index (χ1) is 11.0. The van der Waals surface area contributed by atoms with Gasteiger partial charge in [0.2, 0.25) is 5.89 Å². The molecule has 1 N–H and O–H groups in total. The molecule has 0 bridgehead atoms. The molecule has 0 amide bonds. The third-order valence-corrected chi connectivity index (χ3v) is 4.50. The summed E-state index contributed by atoms with van der Waals surface area (Å²) in [6.07, 6.45) is 1.68. The highest BCUT2D eigenvalue weighted by atomic mass is 16.4. The summed E-state index contributed by atoms with van der Waals surface area (Å²) in [4.78, 5) is 18.0. The number of rotatable bonds is 4. The second-order valence-corrected chi connectivity index (χ2v) is 6.25. The average molecular weight is 314 g/mol. The van der Waals surface area contributed by atoms with Gasteiger partial charge in [-0.15, -0.1) is 0 Å². The van der Waals surface area contributed by atoms with Gasteiger partial charge in [-0.05, 0) is 44.9 Å². The van der Waals surface area contributed by atoms with Crippen molar-refractivity contribution in [3.8, 4) is 11.5 Å². The lowest BCUT2D eigenvalue weighted by atomic mass is 9.98. The van der Waals surface area contributed by atoms with Crippen LogP contribution < -0.4 is 0 Å². The maximum atomic E-state index is 11.2. The summed E-state index contributed by atoms with van der Waals surface area (Å²) < 4.78 is 5.84. The van der Waals surface area contributed by atoms with Crippen LogP contribution in [0.3, 0.4) is 0 Å². The number of benzene rings is 1. The van der Waals surface area contributed by atoms with E-state index in [1.807, 2.05) is 38.1 Å². The van der Waals surface area contributed by atoms with E-state index in [0.29, 0.717) is 19.0 Å². The highest BCUT2D eigenvalue weighted by molar-refractivity contribution is 5.70. The molecular formula is C18H22N2O3. The van der Waals surface area contributed by atoms with Crippen molar-refractivity contribution < 1.29 is 14.3 Å². The molecule has 122 valence electrons. The topological polar surface area (TPSA) is 66.6 Å². The minimum Gasteiger partial charge on any atom is -0.481 e. The molecule has 2 heterocycles. The largest absolute Gasteiger partial charge is 0.481 e. The number of carbonyl (C=O) groups is 1. The zero-order chi connectivity index (χ0) is 16.4. The highest BCUT2D eigenvalue weighted by Gasteiger charge is 2.26. The number of nitrogens with zero attached hydrogens (tertiary/aromatic N) is 2. The molecular weight excluding hydrogens is 292 g/mol. The van der Waals surface area contributed by atoms with E-state index < -0.39 is 5.97 Å². The van der Waals surface area contributed by atoms with E-state index in [0.717, 1.165) is 42.0 Å². The summed E-state index contributed by atoms with van der Waals surface area (Å²) in [6, 6.07) is 8.02. The molecule has 3 rings (SSSR count). The summed E-state index contributed by atoms with van der Waals surface area (Å²) in [5.74, 6) is 0.474. The van der Waals surface area contributed by atoms with Crippen molar-refractivity contribution in [1.82, 2.24) is 9.88 Å². The first kappa shape index (κ1) is 15.7. The predicted octanol–water partition coefficient (Wildman–Crippen LogP) is 3.26. The number of carboxylic acids is 1. The van der Waals surface area contributed by atoms with Crippen molar-refractivity contribution in [1.29, 1.82) is 0 Å². The number of carboxylic acid groups (broad SMARTS) is 1. The molecule has 23 heavy (non-hydrogen) atoms. The van der Waals surface area contributed by atoms with Crippen LogP contribution in [-0.2, 0) is 11.3 Å². The third kappa shape index (κ3) is 3.45. The first-order valence-corrected chi connectivity index (χ1v) is 8.02. The number of aliphatic carboxylic acids is 1. The molecule has 1 saturated heterocycles. The van der Waals surface area contributed by atoms with E-state index in [1.165, 1.54) is 0 Å². The van der Waals surface area contributed by atoms with Gasteiger partial charge in [0.1, 0.15) is 5.76 Å². The lowest BCUT2D eigenvalue weighted by Gasteiger charge is -2.29. The molecule has 0 unspecified atom stereocenters.